The van der Waals surface area contributed by atoms with Gasteiger partial charge in [-0.15, -0.1) is 12.4 Å². The number of hydrogen-bond donors (Lipinski definition) is 0. The van der Waals surface area contributed by atoms with Crippen LogP contribution in [0.25, 0.3) is 12.2 Å². The normalized spacial score (nSPS) is 10.6. The molecule has 0 N–H and O–H groups in total. The van der Waals surface area contributed by atoms with Crippen molar-refractivity contribution in [2.75, 3.05) is 27.2 Å². The van der Waals surface area contributed by atoms with Gasteiger partial charge in [-0.3, -0.25) is 0 Å². The molecule has 2 aromatic rings. The molecule has 2 rings (SSSR count). The Kier molecular flexibility index (Phi) is 7.59. The fraction of sp³-hybridized carbons (Fsp3) is 0.222. The molecule has 0 unspecified atom stereocenters. The van der Waals surface area contributed by atoms with E-state index in [2.05, 4.69) is 35.3 Å². The van der Waals surface area contributed by atoms with Crippen molar-refractivity contribution in [2.24, 2.45) is 0 Å². The van der Waals surface area contributed by atoms with Gasteiger partial charge in [0.05, 0.1) is 0 Å². The van der Waals surface area contributed by atoms with Crippen molar-refractivity contribution in [3.8, 4) is 5.75 Å². The Morgan fingerprint density at radius 3 is 2.29 bits per heavy atom. The summed E-state index contributed by atoms with van der Waals surface area (Å²) in [7, 11) is 4.09. The molecule has 0 saturated heterocycles. The summed E-state index contributed by atoms with van der Waals surface area (Å²) in [6.07, 6.45) is 4.20. The highest BCUT2D eigenvalue weighted by molar-refractivity contribution is 5.85. The van der Waals surface area contributed by atoms with Crippen LogP contribution in [0.2, 0.25) is 0 Å². The lowest BCUT2D eigenvalue weighted by Gasteiger charge is -2.12. The largest absolute Gasteiger partial charge is 0.492 e. The number of nitrogens with zero attached hydrogens (tertiary/aromatic N) is 1. The summed E-state index contributed by atoms with van der Waals surface area (Å²) in [5.41, 5.74) is 2.30. The third kappa shape index (κ3) is 6.03. The van der Waals surface area contributed by atoms with Crippen LogP contribution < -0.4 is 4.74 Å². The fourth-order valence-electron chi connectivity index (χ4n) is 1.84. The third-order valence-electron chi connectivity index (χ3n) is 2.97. The molecule has 0 atom stereocenters. The van der Waals surface area contributed by atoms with Gasteiger partial charge in [0.25, 0.3) is 0 Å². The van der Waals surface area contributed by atoms with Crippen LogP contribution in [0.5, 0.6) is 5.75 Å². The Labute approximate surface area is 133 Å². The highest BCUT2D eigenvalue weighted by Crippen LogP contribution is 2.20. The first-order chi connectivity index (χ1) is 9.75. The van der Waals surface area contributed by atoms with E-state index in [1.165, 1.54) is 5.56 Å². The summed E-state index contributed by atoms with van der Waals surface area (Å²) in [4.78, 5) is 2.11. The number of ether oxygens (including phenoxy) is 1. The summed E-state index contributed by atoms with van der Waals surface area (Å²) in [6.45, 7) is 1.61. The Balaban J connectivity index is 0.00000220. The molecular weight excluding hydrogens is 282 g/mol. The zero-order valence-corrected chi connectivity index (χ0v) is 13.3. The lowest BCUT2D eigenvalue weighted by atomic mass is 10.1. The first kappa shape index (κ1) is 17.3. The van der Waals surface area contributed by atoms with Crippen molar-refractivity contribution in [3.05, 3.63) is 65.7 Å². The molecule has 0 aliphatic heterocycles. The van der Waals surface area contributed by atoms with Gasteiger partial charge >= 0.3 is 0 Å². The van der Waals surface area contributed by atoms with Gasteiger partial charge < -0.3 is 9.64 Å². The summed E-state index contributed by atoms with van der Waals surface area (Å²) in [6, 6.07) is 18.4. The number of benzene rings is 2. The summed E-state index contributed by atoms with van der Waals surface area (Å²) >= 11 is 0. The van der Waals surface area contributed by atoms with Crippen LogP contribution in [-0.4, -0.2) is 32.1 Å². The van der Waals surface area contributed by atoms with E-state index in [9.17, 15) is 0 Å². The molecular formula is C18H22ClNO. The van der Waals surface area contributed by atoms with Crippen LogP contribution in [0.1, 0.15) is 11.1 Å². The predicted molar refractivity (Wildman–Crippen MR) is 93.1 cm³/mol. The van der Waals surface area contributed by atoms with Crippen molar-refractivity contribution < 1.29 is 4.74 Å². The quantitative estimate of drug-likeness (QED) is 0.741. The van der Waals surface area contributed by atoms with E-state index in [1.54, 1.807) is 0 Å². The molecule has 2 nitrogen and oxygen atoms in total. The van der Waals surface area contributed by atoms with Crippen molar-refractivity contribution in [1.29, 1.82) is 0 Å². The summed E-state index contributed by atoms with van der Waals surface area (Å²) in [5, 5.41) is 0. The second-order valence-corrected chi connectivity index (χ2v) is 4.93. The van der Waals surface area contributed by atoms with Gasteiger partial charge in [0.2, 0.25) is 0 Å². The molecule has 0 aliphatic carbocycles. The Morgan fingerprint density at radius 2 is 1.57 bits per heavy atom. The Morgan fingerprint density at radius 1 is 0.905 bits per heavy atom. The number of hydrogen-bond acceptors (Lipinski definition) is 2. The second-order valence-electron chi connectivity index (χ2n) is 4.93. The third-order valence-corrected chi connectivity index (χ3v) is 2.97. The predicted octanol–water partition coefficient (Wildman–Crippen LogP) is 4.22. The minimum atomic E-state index is 0. The number of likely N-dealkylation sites (N-methyl/N-ethyl adjacent to an activating group) is 1. The molecule has 0 bridgehead atoms. The van der Waals surface area contributed by atoms with E-state index in [0.717, 1.165) is 17.9 Å². The molecule has 0 radical (unpaired) electrons. The molecule has 21 heavy (non-hydrogen) atoms. The van der Waals surface area contributed by atoms with E-state index >= 15 is 0 Å². The lowest BCUT2D eigenvalue weighted by molar-refractivity contribution is 0.261. The van der Waals surface area contributed by atoms with E-state index < -0.39 is 0 Å². The summed E-state index contributed by atoms with van der Waals surface area (Å²) < 4.78 is 5.84. The zero-order chi connectivity index (χ0) is 14.2. The molecule has 0 aliphatic rings. The summed E-state index contributed by atoms with van der Waals surface area (Å²) in [5.74, 6) is 0.932. The molecule has 0 aromatic heterocycles. The molecule has 0 fully saturated rings. The van der Waals surface area contributed by atoms with Crippen LogP contribution in [0.4, 0.5) is 0 Å². The first-order valence-corrected chi connectivity index (χ1v) is 6.85. The van der Waals surface area contributed by atoms with Gasteiger partial charge in [-0.2, -0.15) is 0 Å². The van der Waals surface area contributed by atoms with E-state index in [4.69, 9.17) is 4.74 Å². The van der Waals surface area contributed by atoms with Crippen LogP contribution in [0.15, 0.2) is 54.6 Å². The standard InChI is InChI=1S/C18H21NO.ClH/c1-19(2)14-15-20-18-11-7-6-10-17(18)13-12-16-8-4-3-5-9-16;/h3-13H,14-15H2,1-2H3;1H/b13-12+;. The van der Waals surface area contributed by atoms with E-state index in [1.807, 2.05) is 50.5 Å². The SMILES string of the molecule is CN(C)CCOc1ccccc1/C=C/c1ccccc1.Cl. The fourth-order valence-corrected chi connectivity index (χ4v) is 1.84. The molecule has 0 amide bonds. The van der Waals surface area contributed by atoms with Gasteiger partial charge in [0.15, 0.2) is 0 Å². The van der Waals surface area contributed by atoms with Gasteiger partial charge in [0.1, 0.15) is 12.4 Å². The molecule has 0 spiro atoms. The number of rotatable bonds is 6. The molecule has 0 saturated carbocycles. The zero-order valence-electron chi connectivity index (χ0n) is 12.5. The monoisotopic (exact) mass is 303 g/mol. The average molecular weight is 304 g/mol. The Hall–Kier alpha value is -1.77. The number of halogens is 1. The van der Waals surface area contributed by atoms with E-state index in [0.29, 0.717) is 6.61 Å². The molecule has 3 heteroatoms. The lowest BCUT2D eigenvalue weighted by Crippen LogP contribution is -2.19. The van der Waals surface area contributed by atoms with Gasteiger partial charge in [-0.1, -0.05) is 60.7 Å². The van der Waals surface area contributed by atoms with Crippen LogP contribution in [-0.2, 0) is 0 Å². The maximum Gasteiger partial charge on any atom is 0.126 e. The minimum absolute atomic E-state index is 0. The topological polar surface area (TPSA) is 12.5 Å². The Bertz CT molecular complexity index is 552. The van der Waals surface area contributed by atoms with Crippen LogP contribution in [0, 0.1) is 0 Å². The average Bonchev–Trinajstić information content (AvgIpc) is 2.47. The highest BCUT2D eigenvalue weighted by Gasteiger charge is 2.00. The smallest absolute Gasteiger partial charge is 0.126 e. The molecule has 0 heterocycles. The van der Waals surface area contributed by atoms with Gasteiger partial charge in [0, 0.05) is 12.1 Å². The van der Waals surface area contributed by atoms with Crippen molar-refractivity contribution in [1.82, 2.24) is 4.90 Å². The maximum atomic E-state index is 5.84. The van der Waals surface area contributed by atoms with Crippen molar-refractivity contribution >= 4 is 24.6 Å². The van der Waals surface area contributed by atoms with Gasteiger partial charge in [-0.05, 0) is 25.7 Å². The minimum Gasteiger partial charge on any atom is -0.492 e. The van der Waals surface area contributed by atoms with Crippen LogP contribution in [0.3, 0.4) is 0 Å². The van der Waals surface area contributed by atoms with Gasteiger partial charge in [-0.25, -0.2) is 0 Å². The maximum absolute atomic E-state index is 5.84. The molecule has 2 aromatic carbocycles. The second kappa shape index (κ2) is 9.22. The first-order valence-electron chi connectivity index (χ1n) is 6.85. The van der Waals surface area contributed by atoms with E-state index in [-0.39, 0.29) is 12.4 Å². The van der Waals surface area contributed by atoms with Crippen LogP contribution >= 0.6 is 12.4 Å². The van der Waals surface area contributed by atoms with Crippen molar-refractivity contribution in [3.63, 3.8) is 0 Å². The molecule has 112 valence electrons. The van der Waals surface area contributed by atoms with Crippen molar-refractivity contribution in [2.45, 2.75) is 0 Å². The number of para-hydroxylation sites is 1. The highest BCUT2D eigenvalue weighted by atomic mass is 35.5.